The number of nitrogens with zero attached hydrogens (tertiary/aromatic N) is 3. The number of methoxy groups -OCH3 is 1. The molecule has 1 aromatic heterocycles. The predicted octanol–water partition coefficient (Wildman–Crippen LogP) is 0.133. The molecular weight excluding hydrogens is 208 g/mol. The van der Waals surface area contributed by atoms with Crippen LogP contribution in [0, 0.1) is 0 Å². The molecule has 0 aromatic carbocycles. The van der Waals surface area contributed by atoms with Gasteiger partial charge in [-0.2, -0.15) is 5.10 Å². The molecule has 1 aliphatic carbocycles. The van der Waals surface area contributed by atoms with E-state index in [2.05, 4.69) is 15.4 Å². The van der Waals surface area contributed by atoms with Crippen LogP contribution >= 0.6 is 0 Å². The van der Waals surface area contributed by atoms with E-state index in [1.807, 2.05) is 6.92 Å². The van der Waals surface area contributed by atoms with E-state index in [-0.39, 0.29) is 18.1 Å². The lowest BCUT2D eigenvalue weighted by Gasteiger charge is -2.22. The number of hydrogen-bond acceptors (Lipinski definition) is 5. The third-order valence-electron chi connectivity index (χ3n) is 2.78. The molecule has 6 heteroatoms. The Morgan fingerprint density at radius 1 is 1.62 bits per heavy atom. The molecule has 2 atom stereocenters. The predicted molar refractivity (Wildman–Crippen MR) is 56.7 cm³/mol. The molecule has 0 bridgehead atoms. The Kier molecular flexibility index (Phi) is 3.19. The first-order valence-electron chi connectivity index (χ1n) is 5.40. The number of esters is 1. The van der Waals surface area contributed by atoms with Gasteiger partial charge in [-0.05, 0) is 19.8 Å². The number of carbonyl (C=O) groups is 1. The van der Waals surface area contributed by atoms with Crippen LogP contribution < -0.4 is 5.32 Å². The van der Waals surface area contributed by atoms with E-state index < -0.39 is 0 Å². The summed E-state index contributed by atoms with van der Waals surface area (Å²) in [5.41, 5.74) is 0. The molecule has 2 unspecified atom stereocenters. The number of nitrogens with one attached hydrogen (secondary N) is 1. The molecule has 2 rings (SSSR count). The van der Waals surface area contributed by atoms with Crippen LogP contribution in [0.4, 0.5) is 0 Å². The SMILES string of the molecule is COC(=O)C(NC1CC1)C(C)n1cncn1. The summed E-state index contributed by atoms with van der Waals surface area (Å²) in [6, 6.07) is -0.0233. The van der Waals surface area contributed by atoms with Crippen LogP contribution in [-0.2, 0) is 9.53 Å². The fourth-order valence-electron chi connectivity index (χ4n) is 1.62. The Hall–Kier alpha value is -1.43. The minimum Gasteiger partial charge on any atom is -0.468 e. The van der Waals surface area contributed by atoms with E-state index in [4.69, 9.17) is 4.74 Å². The fourth-order valence-corrected chi connectivity index (χ4v) is 1.62. The minimum atomic E-state index is -0.362. The average Bonchev–Trinajstić information content (AvgIpc) is 2.95. The van der Waals surface area contributed by atoms with Crippen molar-refractivity contribution in [1.82, 2.24) is 20.1 Å². The van der Waals surface area contributed by atoms with Crippen molar-refractivity contribution in [3.8, 4) is 0 Å². The molecule has 16 heavy (non-hydrogen) atoms. The van der Waals surface area contributed by atoms with Crippen LogP contribution in [0.2, 0.25) is 0 Å². The highest BCUT2D eigenvalue weighted by Crippen LogP contribution is 2.22. The van der Waals surface area contributed by atoms with Crippen molar-refractivity contribution < 1.29 is 9.53 Å². The van der Waals surface area contributed by atoms with Crippen LogP contribution in [0.5, 0.6) is 0 Å². The lowest BCUT2D eigenvalue weighted by atomic mass is 10.1. The molecule has 0 spiro atoms. The summed E-state index contributed by atoms with van der Waals surface area (Å²) in [6.07, 6.45) is 5.31. The van der Waals surface area contributed by atoms with Gasteiger partial charge in [0.2, 0.25) is 0 Å². The van der Waals surface area contributed by atoms with Crippen molar-refractivity contribution in [2.45, 2.75) is 37.9 Å². The largest absolute Gasteiger partial charge is 0.468 e. The van der Waals surface area contributed by atoms with Gasteiger partial charge in [0.1, 0.15) is 18.7 Å². The molecule has 1 heterocycles. The minimum absolute atomic E-state index is 0.101. The Morgan fingerprint density at radius 3 is 2.88 bits per heavy atom. The Bertz CT molecular complexity index is 348. The maximum Gasteiger partial charge on any atom is 0.325 e. The van der Waals surface area contributed by atoms with Gasteiger partial charge in [0, 0.05) is 6.04 Å². The number of hydrogen-bond donors (Lipinski definition) is 1. The van der Waals surface area contributed by atoms with E-state index in [1.54, 1.807) is 11.0 Å². The Labute approximate surface area is 94.0 Å². The third-order valence-corrected chi connectivity index (χ3v) is 2.78. The van der Waals surface area contributed by atoms with Gasteiger partial charge in [-0.1, -0.05) is 0 Å². The summed E-state index contributed by atoms with van der Waals surface area (Å²) in [5.74, 6) is -0.255. The summed E-state index contributed by atoms with van der Waals surface area (Å²) in [4.78, 5) is 15.5. The maximum atomic E-state index is 11.7. The Morgan fingerprint density at radius 2 is 2.38 bits per heavy atom. The molecule has 1 N–H and O–H groups in total. The monoisotopic (exact) mass is 224 g/mol. The van der Waals surface area contributed by atoms with Gasteiger partial charge < -0.3 is 4.74 Å². The van der Waals surface area contributed by atoms with Crippen molar-refractivity contribution in [1.29, 1.82) is 0 Å². The van der Waals surface area contributed by atoms with Crippen LogP contribution in [0.15, 0.2) is 12.7 Å². The molecule has 1 saturated carbocycles. The molecule has 1 aliphatic rings. The molecule has 6 nitrogen and oxygen atoms in total. The van der Waals surface area contributed by atoms with Crippen molar-refractivity contribution >= 4 is 5.97 Å². The molecule has 0 saturated heterocycles. The number of aromatic nitrogens is 3. The van der Waals surface area contributed by atoms with E-state index in [9.17, 15) is 4.79 Å². The molecule has 0 amide bonds. The fraction of sp³-hybridized carbons (Fsp3) is 0.700. The van der Waals surface area contributed by atoms with Gasteiger partial charge >= 0.3 is 5.97 Å². The van der Waals surface area contributed by atoms with Gasteiger partial charge in [0.15, 0.2) is 0 Å². The first-order chi connectivity index (χ1) is 7.72. The normalized spacial score (nSPS) is 19.1. The zero-order valence-electron chi connectivity index (χ0n) is 9.46. The number of rotatable bonds is 5. The van der Waals surface area contributed by atoms with Gasteiger partial charge in [-0.25, -0.2) is 9.67 Å². The number of ether oxygens (including phenoxy) is 1. The first kappa shape index (κ1) is 11.1. The standard InChI is InChI=1S/C10H16N4O2/c1-7(14-6-11-5-12-14)9(10(15)16-2)13-8-3-4-8/h5-9,13H,3-4H2,1-2H3. The van der Waals surface area contributed by atoms with Crippen molar-refractivity contribution in [2.75, 3.05) is 7.11 Å². The molecule has 1 fully saturated rings. The van der Waals surface area contributed by atoms with Crippen molar-refractivity contribution in [2.24, 2.45) is 0 Å². The second-order valence-electron chi connectivity index (χ2n) is 4.06. The van der Waals surface area contributed by atoms with Crippen LogP contribution in [0.3, 0.4) is 0 Å². The topological polar surface area (TPSA) is 69.0 Å². The van der Waals surface area contributed by atoms with E-state index in [0.29, 0.717) is 6.04 Å². The lowest BCUT2D eigenvalue weighted by Crippen LogP contribution is -2.44. The summed E-state index contributed by atoms with van der Waals surface area (Å²) in [7, 11) is 1.40. The lowest BCUT2D eigenvalue weighted by molar-refractivity contribution is -0.144. The quantitative estimate of drug-likeness (QED) is 0.720. The third kappa shape index (κ3) is 2.38. The summed E-state index contributed by atoms with van der Waals surface area (Å²) < 4.78 is 6.46. The van der Waals surface area contributed by atoms with E-state index in [1.165, 1.54) is 13.4 Å². The van der Waals surface area contributed by atoms with Gasteiger partial charge in [0.05, 0.1) is 13.2 Å². The van der Waals surface area contributed by atoms with Gasteiger partial charge in [0.25, 0.3) is 0 Å². The highest BCUT2D eigenvalue weighted by atomic mass is 16.5. The first-order valence-corrected chi connectivity index (χ1v) is 5.40. The van der Waals surface area contributed by atoms with E-state index in [0.717, 1.165) is 12.8 Å². The van der Waals surface area contributed by atoms with Crippen LogP contribution in [-0.4, -0.2) is 39.9 Å². The van der Waals surface area contributed by atoms with Crippen molar-refractivity contribution in [3.63, 3.8) is 0 Å². The average molecular weight is 224 g/mol. The Balaban J connectivity index is 2.07. The van der Waals surface area contributed by atoms with Crippen molar-refractivity contribution in [3.05, 3.63) is 12.7 Å². The summed E-state index contributed by atoms with van der Waals surface area (Å²) in [6.45, 7) is 1.92. The highest BCUT2D eigenvalue weighted by molar-refractivity contribution is 5.76. The smallest absolute Gasteiger partial charge is 0.325 e. The number of carbonyl (C=O) groups excluding carboxylic acids is 1. The second-order valence-corrected chi connectivity index (χ2v) is 4.06. The summed E-state index contributed by atoms with van der Waals surface area (Å²) >= 11 is 0. The van der Waals surface area contributed by atoms with Crippen LogP contribution in [0.25, 0.3) is 0 Å². The molecule has 1 aromatic rings. The maximum absolute atomic E-state index is 11.7. The highest BCUT2D eigenvalue weighted by Gasteiger charge is 2.33. The molecule has 0 aliphatic heterocycles. The van der Waals surface area contributed by atoms with E-state index >= 15 is 0 Å². The van der Waals surface area contributed by atoms with Gasteiger partial charge in [-0.3, -0.25) is 10.1 Å². The summed E-state index contributed by atoms with van der Waals surface area (Å²) in [5, 5.41) is 7.31. The second kappa shape index (κ2) is 4.61. The zero-order valence-corrected chi connectivity index (χ0v) is 9.46. The van der Waals surface area contributed by atoms with Crippen LogP contribution in [0.1, 0.15) is 25.8 Å². The molecule has 88 valence electrons. The zero-order chi connectivity index (χ0) is 11.5. The molecule has 0 radical (unpaired) electrons. The molecular formula is C10H16N4O2. The van der Waals surface area contributed by atoms with Gasteiger partial charge in [-0.15, -0.1) is 0 Å².